The van der Waals surface area contributed by atoms with Crippen molar-refractivity contribution < 1.29 is 9.66 Å². The lowest BCUT2D eigenvalue weighted by Gasteiger charge is -2.11. The van der Waals surface area contributed by atoms with Crippen molar-refractivity contribution in [3.05, 3.63) is 63.2 Å². The van der Waals surface area contributed by atoms with E-state index in [0.29, 0.717) is 16.6 Å². The Bertz CT molecular complexity index is 656. The fourth-order valence-corrected chi connectivity index (χ4v) is 2.32. The van der Waals surface area contributed by atoms with Crippen LogP contribution < -0.4 is 4.74 Å². The Labute approximate surface area is 125 Å². The number of halogens is 1. The summed E-state index contributed by atoms with van der Waals surface area (Å²) in [6.45, 7) is 4.00. The van der Waals surface area contributed by atoms with Gasteiger partial charge in [-0.15, -0.1) is 0 Å². The van der Waals surface area contributed by atoms with Crippen molar-refractivity contribution in [2.45, 2.75) is 19.2 Å². The van der Waals surface area contributed by atoms with Crippen LogP contribution in [0.25, 0.3) is 0 Å². The van der Waals surface area contributed by atoms with Crippen molar-refractivity contribution in [1.82, 2.24) is 0 Å². The van der Waals surface area contributed by atoms with Crippen molar-refractivity contribution >= 4 is 21.6 Å². The highest BCUT2D eigenvalue weighted by molar-refractivity contribution is 9.08. The number of rotatable bonds is 4. The van der Waals surface area contributed by atoms with Crippen molar-refractivity contribution in [2.24, 2.45) is 0 Å². The van der Waals surface area contributed by atoms with E-state index in [1.165, 1.54) is 6.07 Å². The van der Waals surface area contributed by atoms with Gasteiger partial charge in [0, 0.05) is 17.0 Å². The van der Waals surface area contributed by atoms with E-state index in [0.717, 1.165) is 16.9 Å². The fraction of sp³-hybridized carbons (Fsp3) is 0.200. The van der Waals surface area contributed by atoms with Crippen molar-refractivity contribution in [3.63, 3.8) is 0 Å². The lowest BCUT2D eigenvalue weighted by atomic mass is 10.1. The number of alkyl halides is 1. The Morgan fingerprint density at radius 2 is 2.00 bits per heavy atom. The maximum atomic E-state index is 10.9. The Morgan fingerprint density at radius 3 is 2.65 bits per heavy atom. The molecule has 0 radical (unpaired) electrons. The SMILES string of the molecule is Cc1cccc(Oc2ccc([N+](=O)[O-])c(CBr)c2)c1C. The van der Waals surface area contributed by atoms with Crippen molar-refractivity contribution in [2.75, 3.05) is 0 Å². The van der Waals surface area contributed by atoms with Crippen molar-refractivity contribution in [3.8, 4) is 11.5 Å². The van der Waals surface area contributed by atoms with E-state index >= 15 is 0 Å². The summed E-state index contributed by atoms with van der Waals surface area (Å²) >= 11 is 3.26. The molecule has 5 heteroatoms. The molecule has 0 aliphatic heterocycles. The number of benzene rings is 2. The first-order valence-corrected chi connectivity index (χ1v) is 7.22. The third-order valence-corrected chi connectivity index (χ3v) is 3.78. The van der Waals surface area contributed by atoms with Crippen LogP contribution in [0.15, 0.2) is 36.4 Å². The van der Waals surface area contributed by atoms with E-state index in [1.54, 1.807) is 12.1 Å². The largest absolute Gasteiger partial charge is 0.457 e. The molecule has 0 spiro atoms. The van der Waals surface area contributed by atoms with Gasteiger partial charge in [0.2, 0.25) is 0 Å². The minimum atomic E-state index is -0.391. The first-order valence-electron chi connectivity index (χ1n) is 6.10. The Kier molecular flexibility index (Phi) is 4.39. The first-order chi connectivity index (χ1) is 9.52. The molecule has 0 aromatic heterocycles. The van der Waals surface area contributed by atoms with Gasteiger partial charge in [-0.05, 0) is 43.2 Å². The zero-order valence-corrected chi connectivity index (χ0v) is 12.8. The van der Waals surface area contributed by atoms with E-state index in [1.807, 2.05) is 32.0 Å². The molecule has 2 rings (SSSR count). The minimum Gasteiger partial charge on any atom is -0.457 e. The van der Waals surface area contributed by atoms with Gasteiger partial charge in [0.25, 0.3) is 5.69 Å². The summed E-state index contributed by atoms with van der Waals surface area (Å²) < 4.78 is 5.82. The van der Waals surface area contributed by atoms with Gasteiger partial charge in [-0.3, -0.25) is 10.1 Å². The fourth-order valence-electron chi connectivity index (χ4n) is 1.87. The molecule has 0 heterocycles. The van der Waals surface area contributed by atoms with Gasteiger partial charge in [0.15, 0.2) is 0 Å². The van der Waals surface area contributed by atoms with Crippen LogP contribution in [-0.2, 0) is 5.33 Å². The predicted octanol–water partition coefficient (Wildman–Crippen LogP) is 4.90. The summed E-state index contributed by atoms with van der Waals surface area (Å²) in [7, 11) is 0. The van der Waals surface area contributed by atoms with Gasteiger partial charge in [-0.25, -0.2) is 0 Å². The molecule has 0 aliphatic carbocycles. The van der Waals surface area contributed by atoms with E-state index in [-0.39, 0.29) is 5.69 Å². The zero-order valence-electron chi connectivity index (χ0n) is 11.2. The maximum Gasteiger partial charge on any atom is 0.273 e. The molecule has 0 amide bonds. The van der Waals surface area contributed by atoms with Crippen LogP contribution in [0.4, 0.5) is 5.69 Å². The van der Waals surface area contributed by atoms with Crippen LogP contribution in [0, 0.1) is 24.0 Å². The Hall–Kier alpha value is -1.88. The highest BCUT2D eigenvalue weighted by atomic mass is 79.9. The van der Waals surface area contributed by atoms with Crippen molar-refractivity contribution in [1.29, 1.82) is 0 Å². The summed E-state index contributed by atoms with van der Waals surface area (Å²) in [4.78, 5) is 10.5. The van der Waals surface area contributed by atoms with Gasteiger partial charge in [-0.1, -0.05) is 28.1 Å². The third kappa shape index (κ3) is 2.99. The molecule has 0 fully saturated rings. The molecule has 0 unspecified atom stereocenters. The summed E-state index contributed by atoms with van der Waals surface area (Å²) in [5.41, 5.74) is 2.89. The highest BCUT2D eigenvalue weighted by Gasteiger charge is 2.14. The van der Waals surface area contributed by atoms with E-state index in [2.05, 4.69) is 15.9 Å². The number of ether oxygens (including phenoxy) is 1. The molecule has 0 saturated carbocycles. The average molecular weight is 336 g/mol. The Morgan fingerprint density at radius 1 is 1.25 bits per heavy atom. The molecule has 4 nitrogen and oxygen atoms in total. The molecular weight excluding hydrogens is 322 g/mol. The summed E-state index contributed by atoms with van der Waals surface area (Å²) in [5.74, 6) is 1.36. The highest BCUT2D eigenvalue weighted by Crippen LogP contribution is 2.31. The van der Waals surface area contributed by atoms with Crippen LogP contribution in [-0.4, -0.2) is 4.92 Å². The number of nitro benzene ring substituents is 1. The summed E-state index contributed by atoms with van der Waals surface area (Å²) in [5, 5.41) is 11.3. The van der Waals surface area contributed by atoms with Crippen LogP contribution >= 0.6 is 15.9 Å². The molecule has 0 aliphatic rings. The molecule has 0 N–H and O–H groups in total. The third-order valence-electron chi connectivity index (χ3n) is 3.17. The van der Waals surface area contributed by atoms with E-state index in [4.69, 9.17) is 4.74 Å². The van der Waals surface area contributed by atoms with E-state index < -0.39 is 4.92 Å². The van der Waals surface area contributed by atoms with Gasteiger partial charge in [-0.2, -0.15) is 0 Å². The van der Waals surface area contributed by atoms with Crippen LogP contribution in [0.3, 0.4) is 0 Å². The second-order valence-corrected chi connectivity index (χ2v) is 5.04. The maximum absolute atomic E-state index is 10.9. The van der Waals surface area contributed by atoms with Crippen LogP contribution in [0.1, 0.15) is 16.7 Å². The number of hydrogen-bond acceptors (Lipinski definition) is 3. The summed E-state index contributed by atoms with van der Waals surface area (Å²) in [6, 6.07) is 10.6. The lowest BCUT2D eigenvalue weighted by Crippen LogP contribution is -1.95. The molecule has 0 saturated heterocycles. The minimum absolute atomic E-state index is 0.0928. The van der Waals surface area contributed by atoms with Gasteiger partial charge < -0.3 is 4.74 Å². The smallest absolute Gasteiger partial charge is 0.273 e. The second kappa shape index (κ2) is 6.05. The lowest BCUT2D eigenvalue weighted by molar-refractivity contribution is -0.385. The number of nitrogens with zero attached hydrogens (tertiary/aromatic N) is 1. The van der Waals surface area contributed by atoms with Gasteiger partial charge >= 0.3 is 0 Å². The summed E-state index contributed by atoms with van der Waals surface area (Å²) in [6.07, 6.45) is 0. The van der Waals surface area contributed by atoms with Crippen LogP contribution in [0.2, 0.25) is 0 Å². The topological polar surface area (TPSA) is 52.4 Å². The average Bonchev–Trinajstić information content (AvgIpc) is 2.43. The molecule has 2 aromatic rings. The van der Waals surface area contributed by atoms with Crippen LogP contribution in [0.5, 0.6) is 11.5 Å². The molecule has 0 bridgehead atoms. The monoisotopic (exact) mass is 335 g/mol. The van der Waals surface area contributed by atoms with Gasteiger partial charge in [0.1, 0.15) is 11.5 Å². The normalized spacial score (nSPS) is 10.3. The quantitative estimate of drug-likeness (QED) is 0.453. The second-order valence-electron chi connectivity index (χ2n) is 4.48. The molecule has 20 heavy (non-hydrogen) atoms. The molecule has 104 valence electrons. The number of hydrogen-bond donors (Lipinski definition) is 0. The molecule has 0 atom stereocenters. The molecular formula is C15H14BrNO3. The first kappa shape index (κ1) is 14.5. The Balaban J connectivity index is 2.35. The number of nitro groups is 1. The number of aryl methyl sites for hydroxylation is 1. The van der Waals surface area contributed by atoms with E-state index in [9.17, 15) is 10.1 Å². The predicted molar refractivity (Wildman–Crippen MR) is 81.7 cm³/mol. The standard InChI is InChI=1S/C15H14BrNO3/c1-10-4-3-5-15(11(10)2)20-13-6-7-14(17(18)19)12(8-13)9-16/h3-8H,9H2,1-2H3. The zero-order chi connectivity index (χ0) is 14.7. The van der Waals surface area contributed by atoms with Gasteiger partial charge in [0.05, 0.1) is 4.92 Å². The molecule has 2 aromatic carbocycles.